The van der Waals surface area contributed by atoms with E-state index in [-0.39, 0.29) is 12.1 Å². The van der Waals surface area contributed by atoms with Gasteiger partial charge in [-0.3, -0.25) is 0 Å². The summed E-state index contributed by atoms with van der Waals surface area (Å²) < 4.78 is 7.60. The van der Waals surface area contributed by atoms with Crippen molar-refractivity contribution in [2.75, 3.05) is 19.6 Å². The minimum Gasteiger partial charge on any atom is -0.444 e. The zero-order valence-electron chi connectivity index (χ0n) is 18.2. The molecular formula is C20H35N7O2. The van der Waals surface area contributed by atoms with Crippen LogP contribution in [-0.2, 0) is 24.2 Å². The van der Waals surface area contributed by atoms with Crippen LogP contribution in [0.5, 0.6) is 0 Å². The van der Waals surface area contributed by atoms with Gasteiger partial charge in [-0.05, 0) is 47.0 Å². The molecule has 1 unspecified atom stereocenters. The summed E-state index contributed by atoms with van der Waals surface area (Å²) in [5, 5.41) is 15.1. The third kappa shape index (κ3) is 6.08. The van der Waals surface area contributed by atoms with Crippen molar-refractivity contribution in [2.24, 2.45) is 4.99 Å². The molecule has 0 spiro atoms. The average molecular weight is 406 g/mol. The summed E-state index contributed by atoms with van der Waals surface area (Å²) in [5.41, 5.74) is -0.491. The molecule has 2 aliphatic heterocycles. The number of amides is 1. The zero-order valence-corrected chi connectivity index (χ0v) is 18.2. The molecule has 1 aromatic rings. The lowest BCUT2D eigenvalue weighted by molar-refractivity contribution is 0.0507. The first kappa shape index (κ1) is 21.4. The molecule has 1 saturated heterocycles. The minimum absolute atomic E-state index is 0.0538. The van der Waals surface area contributed by atoms with Crippen LogP contribution in [0.25, 0.3) is 0 Å². The summed E-state index contributed by atoms with van der Waals surface area (Å²) in [6, 6.07) is 0.0538. The van der Waals surface area contributed by atoms with Crippen LogP contribution in [0.15, 0.2) is 4.99 Å². The Morgan fingerprint density at radius 1 is 1.24 bits per heavy atom. The van der Waals surface area contributed by atoms with Crippen molar-refractivity contribution in [3.05, 3.63) is 11.6 Å². The molecule has 0 saturated carbocycles. The second-order valence-corrected chi connectivity index (χ2v) is 8.74. The number of carbonyl (C=O) groups is 1. The number of guanidine groups is 1. The number of nitrogens with one attached hydrogen (secondary N) is 2. The van der Waals surface area contributed by atoms with Crippen molar-refractivity contribution in [1.29, 1.82) is 0 Å². The van der Waals surface area contributed by atoms with E-state index in [0.717, 1.165) is 50.1 Å². The molecule has 0 radical (unpaired) electrons. The molecule has 1 amide bonds. The fourth-order valence-electron chi connectivity index (χ4n) is 3.78. The molecule has 29 heavy (non-hydrogen) atoms. The molecule has 3 rings (SSSR count). The van der Waals surface area contributed by atoms with Crippen LogP contribution in [0.2, 0.25) is 0 Å². The van der Waals surface area contributed by atoms with Crippen LogP contribution in [0, 0.1) is 0 Å². The standard InChI is InChI=1S/C20H35N7O2/c1-5-21-18(22-13-17-25-24-16-9-7-6-8-11-27(16)17)26-12-10-15(14-26)23-19(28)29-20(2,3)4/h15H,5-14H2,1-4H3,(H,21,22)(H,23,28). The Labute approximate surface area is 173 Å². The minimum atomic E-state index is -0.491. The highest BCUT2D eigenvalue weighted by Crippen LogP contribution is 2.16. The Morgan fingerprint density at radius 2 is 2.07 bits per heavy atom. The van der Waals surface area contributed by atoms with E-state index in [2.05, 4.69) is 37.2 Å². The van der Waals surface area contributed by atoms with E-state index in [1.165, 1.54) is 19.3 Å². The second kappa shape index (κ2) is 9.45. The number of rotatable bonds is 4. The van der Waals surface area contributed by atoms with Gasteiger partial charge in [0.1, 0.15) is 18.0 Å². The van der Waals surface area contributed by atoms with Crippen LogP contribution in [-0.4, -0.2) is 63.0 Å². The van der Waals surface area contributed by atoms with Gasteiger partial charge in [0.15, 0.2) is 11.8 Å². The van der Waals surface area contributed by atoms with Gasteiger partial charge in [0.05, 0.1) is 6.04 Å². The lowest BCUT2D eigenvalue weighted by atomic mass is 10.2. The lowest BCUT2D eigenvalue weighted by Gasteiger charge is -2.23. The molecule has 1 atom stereocenters. The van der Waals surface area contributed by atoms with Crippen LogP contribution in [0.1, 0.15) is 65.0 Å². The maximum Gasteiger partial charge on any atom is 0.407 e. The fourth-order valence-corrected chi connectivity index (χ4v) is 3.78. The van der Waals surface area contributed by atoms with Gasteiger partial charge < -0.3 is 24.8 Å². The predicted molar refractivity (Wildman–Crippen MR) is 112 cm³/mol. The van der Waals surface area contributed by atoms with Crippen molar-refractivity contribution < 1.29 is 9.53 Å². The lowest BCUT2D eigenvalue weighted by Crippen LogP contribution is -2.44. The van der Waals surface area contributed by atoms with E-state index in [9.17, 15) is 4.79 Å². The topological polar surface area (TPSA) is 96.7 Å². The Kier molecular flexibility index (Phi) is 6.97. The highest BCUT2D eigenvalue weighted by Gasteiger charge is 2.28. The molecule has 1 fully saturated rings. The van der Waals surface area contributed by atoms with Gasteiger partial charge in [-0.2, -0.15) is 0 Å². The molecule has 2 N–H and O–H groups in total. The van der Waals surface area contributed by atoms with Crippen LogP contribution >= 0.6 is 0 Å². The number of aryl methyl sites for hydroxylation is 1. The quantitative estimate of drug-likeness (QED) is 0.588. The number of carbonyl (C=O) groups excluding carboxylic acids is 1. The molecule has 9 heteroatoms. The first-order valence-electron chi connectivity index (χ1n) is 10.8. The maximum absolute atomic E-state index is 12.0. The van der Waals surface area contributed by atoms with Crippen LogP contribution in [0.3, 0.4) is 0 Å². The molecule has 0 aliphatic carbocycles. The second-order valence-electron chi connectivity index (χ2n) is 8.74. The number of aliphatic imine (C=N–C) groups is 1. The molecule has 9 nitrogen and oxygen atoms in total. The summed E-state index contributed by atoms with van der Waals surface area (Å²) >= 11 is 0. The van der Waals surface area contributed by atoms with E-state index in [4.69, 9.17) is 9.73 Å². The van der Waals surface area contributed by atoms with Gasteiger partial charge in [-0.1, -0.05) is 6.42 Å². The van der Waals surface area contributed by atoms with Gasteiger partial charge in [-0.15, -0.1) is 10.2 Å². The van der Waals surface area contributed by atoms with E-state index < -0.39 is 5.60 Å². The Morgan fingerprint density at radius 3 is 2.83 bits per heavy atom. The number of aromatic nitrogens is 3. The smallest absolute Gasteiger partial charge is 0.407 e. The fraction of sp³-hybridized carbons (Fsp3) is 0.800. The number of alkyl carbamates (subject to hydrolysis) is 1. The molecule has 0 aromatic carbocycles. The van der Waals surface area contributed by atoms with Gasteiger partial charge >= 0.3 is 6.09 Å². The first-order valence-corrected chi connectivity index (χ1v) is 10.8. The average Bonchev–Trinajstić information content (AvgIpc) is 3.17. The maximum atomic E-state index is 12.0. The summed E-state index contributed by atoms with van der Waals surface area (Å²) in [4.78, 5) is 19.0. The van der Waals surface area contributed by atoms with Gasteiger partial charge in [0.2, 0.25) is 0 Å². The van der Waals surface area contributed by atoms with E-state index in [1.807, 2.05) is 20.8 Å². The predicted octanol–water partition coefficient (Wildman–Crippen LogP) is 2.07. The van der Waals surface area contributed by atoms with Crippen molar-refractivity contribution >= 4 is 12.1 Å². The number of nitrogens with zero attached hydrogens (tertiary/aromatic N) is 5. The molecule has 1 aromatic heterocycles. The summed E-state index contributed by atoms with van der Waals surface area (Å²) in [6.45, 7) is 11.5. The largest absolute Gasteiger partial charge is 0.444 e. The number of fused-ring (bicyclic) bond motifs is 1. The van der Waals surface area contributed by atoms with Gasteiger partial charge in [-0.25, -0.2) is 9.79 Å². The zero-order chi connectivity index (χ0) is 20.9. The van der Waals surface area contributed by atoms with Crippen molar-refractivity contribution in [3.63, 3.8) is 0 Å². The molecule has 0 bridgehead atoms. The summed E-state index contributed by atoms with van der Waals surface area (Å²) in [7, 11) is 0. The first-order chi connectivity index (χ1) is 13.9. The Bertz CT molecular complexity index is 723. The molecule has 2 aliphatic rings. The number of ether oxygens (including phenoxy) is 1. The van der Waals surface area contributed by atoms with Crippen molar-refractivity contribution in [3.8, 4) is 0 Å². The van der Waals surface area contributed by atoms with E-state index >= 15 is 0 Å². The molecule has 162 valence electrons. The normalized spacial score (nSPS) is 20.2. The summed E-state index contributed by atoms with van der Waals surface area (Å²) in [6.07, 6.45) is 5.10. The van der Waals surface area contributed by atoms with E-state index in [0.29, 0.717) is 13.1 Å². The number of hydrogen-bond acceptors (Lipinski definition) is 5. The Hall–Kier alpha value is -2.32. The SMILES string of the molecule is CCNC(=NCc1nnc2n1CCCCC2)N1CCC(NC(=O)OC(C)(C)C)C1. The van der Waals surface area contributed by atoms with Crippen molar-refractivity contribution in [1.82, 2.24) is 30.3 Å². The third-order valence-electron chi connectivity index (χ3n) is 5.10. The van der Waals surface area contributed by atoms with Crippen LogP contribution in [0.4, 0.5) is 4.79 Å². The van der Waals surface area contributed by atoms with Gasteiger partial charge in [0.25, 0.3) is 0 Å². The molecule has 3 heterocycles. The monoisotopic (exact) mass is 405 g/mol. The van der Waals surface area contributed by atoms with E-state index in [1.54, 1.807) is 0 Å². The Balaban J connectivity index is 1.60. The third-order valence-corrected chi connectivity index (χ3v) is 5.10. The summed E-state index contributed by atoms with van der Waals surface area (Å²) in [5.74, 6) is 2.87. The van der Waals surface area contributed by atoms with Crippen LogP contribution < -0.4 is 10.6 Å². The molecular weight excluding hydrogens is 370 g/mol. The highest BCUT2D eigenvalue weighted by atomic mass is 16.6. The van der Waals surface area contributed by atoms with Crippen molar-refractivity contribution in [2.45, 2.75) is 84.5 Å². The highest BCUT2D eigenvalue weighted by molar-refractivity contribution is 5.80. The number of likely N-dealkylation sites (tertiary alicyclic amines) is 1. The van der Waals surface area contributed by atoms with Gasteiger partial charge in [0, 0.05) is 32.6 Å². The number of hydrogen-bond donors (Lipinski definition) is 2.